The summed E-state index contributed by atoms with van der Waals surface area (Å²) in [6.07, 6.45) is 5.10. The van der Waals surface area contributed by atoms with Crippen LogP contribution in [0.1, 0.15) is 24.5 Å². The SMILES string of the molecule is C=CC1CN2CCC1C[C@H]2[C@H](OC(=O)Nc1ccccc1)c1ccnc2ccc(OC)cc12. The van der Waals surface area contributed by atoms with E-state index in [4.69, 9.17) is 9.47 Å². The van der Waals surface area contributed by atoms with Crippen molar-refractivity contribution in [2.75, 3.05) is 25.5 Å². The number of aromatic nitrogens is 1. The summed E-state index contributed by atoms with van der Waals surface area (Å²) in [6, 6.07) is 17.3. The van der Waals surface area contributed by atoms with Crippen molar-refractivity contribution in [3.05, 3.63) is 79.0 Å². The molecule has 6 nitrogen and oxygen atoms in total. The summed E-state index contributed by atoms with van der Waals surface area (Å²) in [5.74, 6) is 1.80. The van der Waals surface area contributed by atoms with Crippen LogP contribution in [0.4, 0.5) is 10.5 Å². The summed E-state index contributed by atoms with van der Waals surface area (Å²) in [7, 11) is 1.65. The first-order valence-electron chi connectivity index (χ1n) is 11.5. The van der Waals surface area contributed by atoms with Gasteiger partial charge in [0.1, 0.15) is 11.9 Å². The maximum atomic E-state index is 13.0. The van der Waals surface area contributed by atoms with Crippen LogP contribution in [0, 0.1) is 11.8 Å². The minimum atomic E-state index is -0.457. The molecule has 1 aromatic heterocycles. The number of methoxy groups -OCH3 is 1. The summed E-state index contributed by atoms with van der Waals surface area (Å²) in [5.41, 5.74) is 2.51. The van der Waals surface area contributed by atoms with Gasteiger partial charge in [0.2, 0.25) is 0 Å². The van der Waals surface area contributed by atoms with Crippen molar-refractivity contribution in [2.45, 2.75) is 25.0 Å². The number of nitrogens with zero attached hydrogens (tertiary/aromatic N) is 2. The molecule has 5 atom stereocenters. The molecule has 2 aromatic carbocycles. The van der Waals surface area contributed by atoms with Gasteiger partial charge in [0.15, 0.2) is 0 Å². The molecule has 170 valence electrons. The highest BCUT2D eigenvalue weighted by molar-refractivity contribution is 5.86. The summed E-state index contributed by atoms with van der Waals surface area (Å²) in [5, 5.41) is 3.82. The third kappa shape index (κ3) is 4.31. The van der Waals surface area contributed by atoms with Crippen LogP contribution in [0.25, 0.3) is 10.9 Å². The largest absolute Gasteiger partial charge is 0.497 e. The van der Waals surface area contributed by atoms with Crippen molar-refractivity contribution in [2.24, 2.45) is 11.8 Å². The lowest BCUT2D eigenvalue weighted by molar-refractivity contribution is -0.0473. The smallest absolute Gasteiger partial charge is 0.412 e. The van der Waals surface area contributed by atoms with Gasteiger partial charge in [-0.05, 0) is 67.6 Å². The zero-order chi connectivity index (χ0) is 22.8. The van der Waals surface area contributed by atoms with E-state index >= 15 is 0 Å². The Morgan fingerprint density at radius 1 is 1.24 bits per heavy atom. The Morgan fingerprint density at radius 2 is 2.09 bits per heavy atom. The van der Waals surface area contributed by atoms with Crippen LogP contribution in [0.15, 0.2) is 73.4 Å². The molecule has 3 unspecified atom stereocenters. The van der Waals surface area contributed by atoms with Gasteiger partial charge in [-0.1, -0.05) is 24.3 Å². The number of benzene rings is 2. The molecule has 2 bridgehead atoms. The minimum Gasteiger partial charge on any atom is -0.497 e. The maximum Gasteiger partial charge on any atom is 0.412 e. The first-order valence-corrected chi connectivity index (χ1v) is 11.5. The van der Waals surface area contributed by atoms with Crippen LogP contribution in [-0.4, -0.2) is 42.2 Å². The number of piperidine rings is 3. The second kappa shape index (κ2) is 9.24. The van der Waals surface area contributed by atoms with E-state index in [1.54, 1.807) is 13.3 Å². The first kappa shape index (κ1) is 21.5. The quantitative estimate of drug-likeness (QED) is 0.515. The van der Waals surface area contributed by atoms with Gasteiger partial charge < -0.3 is 9.47 Å². The van der Waals surface area contributed by atoms with Crippen LogP contribution >= 0.6 is 0 Å². The highest BCUT2D eigenvalue weighted by Crippen LogP contribution is 2.43. The lowest BCUT2D eigenvalue weighted by atomic mass is 9.73. The van der Waals surface area contributed by atoms with E-state index in [0.29, 0.717) is 17.5 Å². The van der Waals surface area contributed by atoms with Gasteiger partial charge in [-0.2, -0.15) is 0 Å². The van der Waals surface area contributed by atoms with Crippen LogP contribution in [-0.2, 0) is 4.74 Å². The Labute approximate surface area is 194 Å². The van der Waals surface area contributed by atoms with Crippen molar-refractivity contribution < 1.29 is 14.3 Å². The van der Waals surface area contributed by atoms with Gasteiger partial charge in [0.05, 0.1) is 18.7 Å². The molecule has 3 aliphatic heterocycles. The fraction of sp³-hybridized carbons (Fsp3) is 0.333. The monoisotopic (exact) mass is 443 g/mol. The molecular formula is C27H29N3O3. The van der Waals surface area contributed by atoms with E-state index in [9.17, 15) is 4.79 Å². The summed E-state index contributed by atoms with van der Waals surface area (Å²) >= 11 is 0. The standard InChI is InChI=1S/C27H29N3O3/c1-3-18-17-30-14-12-19(18)15-25(30)26(33-27(31)29-20-7-5-4-6-8-20)22-11-13-28-24-10-9-21(32-2)16-23(22)24/h3-11,13,16,18-19,25-26H,1,12,14-15,17H2,2H3,(H,29,31)/t18?,19?,25-,26+/m0/s1. The average molecular weight is 444 g/mol. The molecule has 1 amide bonds. The number of ether oxygens (including phenoxy) is 2. The number of fused-ring (bicyclic) bond motifs is 4. The number of rotatable bonds is 6. The second-order valence-electron chi connectivity index (χ2n) is 8.85. The highest BCUT2D eigenvalue weighted by Gasteiger charge is 2.44. The number of nitrogens with one attached hydrogen (secondary N) is 1. The van der Waals surface area contributed by atoms with Crippen LogP contribution in [0.2, 0.25) is 0 Å². The number of anilines is 1. The number of para-hydroxylation sites is 1. The van der Waals surface area contributed by atoms with Crippen molar-refractivity contribution in [3.8, 4) is 5.75 Å². The van der Waals surface area contributed by atoms with E-state index in [2.05, 4.69) is 27.9 Å². The number of pyridine rings is 1. The van der Waals surface area contributed by atoms with Crippen molar-refractivity contribution in [3.63, 3.8) is 0 Å². The van der Waals surface area contributed by atoms with Gasteiger partial charge in [0.25, 0.3) is 0 Å². The predicted octanol–water partition coefficient (Wildman–Crippen LogP) is 5.43. The Kier molecular flexibility index (Phi) is 6.01. The summed E-state index contributed by atoms with van der Waals surface area (Å²) < 4.78 is 11.7. The number of carbonyl (C=O) groups excluding carboxylic acids is 1. The fourth-order valence-corrected chi connectivity index (χ4v) is 5.35. The average Bonchev–Trinajstić information content (AvgIpc) is 2.87. The molecule has 3 fully saturated rings. The molecule has 6 rings (SSSR count). The van der Waals surface area contributed by atoms with Gasteiger partial charge in [-0.15, -0.1) is 6.58 Å². The normalized spacial score (nSPS) is 24.8. The molecule has 6 heteroatoms. The zero-order valence-electron chi connectivity index (χ0n) is 18.8. The zero-order valence-corrected chi connectivity index (χ0v) is 18.8. The van der Waals surface area contributed by atoms with Gasteiger partial charge >= 0.3 is 6.09 Å². The van der Waals surface area contributed by atoms with Gasteiger partial charge in [0, 0.05) is 29.4 Å². The molecular weight excluding hydrogens is 414 g/mol. The topological polar surface area (TPSA) is 63.7 Å². The fourth-order valence-electron chi connectivity index (χ4n) is 5.35. The van der Waals surface area contributed by atoms with Crippen LogP contribution in [0.5, 0.6) is 5.75 Å². The van der Waals surface area contributed by atoms with Crippen molar-refractivity contribution in [1.29, 1.82) is 0 Å². The number of hydrogen-bond donors (Lipinski definition) is 1. The lowest BCUT2D eigenvalue weighted by Crippen LogP contribution is -2.55. The van der Waals surface area contributed by atoms with E-state index < -0.39 is 12.2 Å². The Hall–Kier alpha value is -3.38. The molecule has 0 saturated carbocycles. The van der Waals surface area contributed by atoms with E-state index in [0.717, 1.165) is 48.1 Å². The Morgan fingerprint density at radius 3 is 2.82 bits per heavy atom. The molecule has 3 saturated heterocycles. The van der Waals surface area contributed by atoms with Gasteiger partial charge in [-0.3, -0.25) is 15.2 Å². The highest BCUT2D eigenvalue weighted by atomic mass is 16.6. The Bertz CT molecular complexity index is 1150. The summed E-state index contributed by atoms with van der Waals surface area (Å²) in [6.45, 7) is 6.00. The van der Waals surface area contributed by atoms with E-state index in [1.807, 2.05) is 54.6 Å². The molecule has 0 radical (unpaired) electrons. The lowest BCUT2D eigenvalue weighted by Gasteiger charge is -2.51. The van der Waals surface area contributed by atoms with Crippen molar-refractivity contribution >= 4 is 22.7 Å². The number of amides is 1. The number of carbonyl (C=O) groups is 1. The van der Waals surface area contributed by atoms with E-state index in [-0.39, 0.29) is 6.04 Å². The van der Waals surface area contributed by atoms with Crippen LogP contribution < -0.4 is 10.1 Å². The third-order valence-corrected chi connectivity index (χ3v) is 7.05. The van der Waals surface area contributed by atoms with Crippen LogP contribution in [0.3, 0.4) is 0 Å². The summed E-state index contributed by atoms with van der Waals surface area (Å²) in [4.78, 5) is 20.0. The Balaban J connectivity index is 1.51. The molecule has 0 spiro atoms. The van der Waals surface area contributed by atoms with Gasteiger partial charge in [-0.25, -0.2) is 4.79 Å². The van der Waals surface area contributed by atoms with Crippen molar-refractivity contribution in [1.82, 2.24) is 9.88 Å². The molecule has 4 heterocycles. The van der Waals surface area contributed by atoms with E-state index in [1.165, 1.54) is 0 Å². The maximum absolute atomic E-state index is 13.0. The first-order chi connectivity index (χ1) is 16.2. The molecule has 33 heavy (non-hydrogen) atoms. The second-order valence-corrected chi connectivity index (χ2v) is 8.85. The molecule has 3 aliphatic rings. The minimum absolute atomic E-state index is 0.0956. The molecule has 0 aliphatic carbocycles. The number of hydrogen-bond acceptors (Lipinski definition) is 5. The molecule has 1 N–H and O–H groups in total. The molecule has 3 aromatic rings. The predicted molar refractivity (Wildman–Crippen MR) is 129 cm³/mol. The third-order valence-electron chi connectivity index (χ3n) is 7.05.